The average Bonchev–Trinajstić information content (AvgIpc) is 2.35. The second kappa shape index (κ2) is 6.02. The smallest absolute Gasteiger partial charge is 0.221 e. The molecule has 4 heteroatoms. The SMILES string of the molecule is CC(CNC(=O)CC1(N)CCC1)N1CCCCC1. The molecule has 1 aliphatic carbocycles. The largest absolute Gasteiger partial charge is 0.354 e. The first-order valence-electron chi connectivity index (χ1n) is 7.39. The van der Waals surface area contributed by atoms with Gasteiger partial charge >= 0.3 is 0 Å². The van der Waals surface area contributed by atoms with Crippen molar-refractivity contribution in [3.63, 3.8) is 0 Å². The van der Waals surface area contributed by atoms with Crippen molar-refractivity contribution in [2.24, 2.45) is 5.73 Å². The highest BCUT2D eigenvalue weighted by Crippen LogP contribution is 2.31. The monoisotopic (exact) mass is 253 g/mol. The van der Waals surface area contributed by atoms with Crippen LogP contribution in [0.4, 0.5) is 0 Å². The van der Waals surface area contributed by atoms with Gasteiger partial charge in [-0.15, -0.1) is 0 Å². The summed E-state index contributed by atoms with van der Waals surface area (Å²) in [5.41, 5.74) is 5.89. The first-order chi connectivity index (χ1) is 8.59. The highest BCUT2D eigenvalue weighted by atomic mass is 16.1. The van der Waals surface area contributed by atoms with E-state index in [1.165, 1.54) is 38.8 Å². The van der Waals surface area contributed by atoms with E-state index >= 15 is 0 Å². The van der Waals surface area contributed by atoms with Crippen LogP contribution in [0.2, 0.25) is 0 Å². The Labute approximate surface area is 110 Å². The number of carbonyl (C=O) groups excluding carboxylic acids is 1. The van der Waals surface area contributed by atoms with E-state index in [1.54, 1.807) is 0 Å². The molecule has 1 aliphatic heterocycles. The van der Waals surface area contributed by atoms with Gasteiger partial charge in [0.25, 0.3) is 0 Å². The lowest BCUT2D eigenvalue weighted by Crippen LogP contribution is -2.51. The maximum atomic E-state index is 11.8. The minimum absolute atomic E-state index is 0.126. The molecule has 2 aliphatic rings. The van der Waals surface area contributed by atoms with Crippen molar-refractivity contribution in [2.45, 2.75) is 63.5 Å². The molecule has 4 nitrogen and oxygen atoms in total. The molecule has 18 heavy (non-hydrogen) atoms. The third kappa shape index (κ3) is 3.69. The average molecular weight is 253 g/mol. The van der Waals surface area contributed by atoms with Crippen molar-refractivity contribution in [2.75, 3.05) is 19.6 Å². The fraction of sp³-hybridized carbons (Fsp3) is 0.929. The topological polar surface area (TPSA) is 58.4 Å². The third-order valence-corrected chi connectivity index (χ3v) is 4.47. The normalized spacial score (nSPS) is 25.2. The molecule has 1 saturated carbocycles. The number of carbonyl (C=O) groups is 1. The Kier molecular flexibility index (Phi) is 4.62. The zero-order chi connectivity index (χ0) is 13.0. The van der Waals surface area contributed by atoms with E-state index in [4.69, 9.17) is 5.73 Å². The summed E-state index contributed by atoms with van der Waals surface area (Å²) in [5.74, 6) is 0.126. The van der Waals surface area contributed by atoms with Gasteiger partial charge < -0.3 is 11.1 Å². The van der Waals surface area contributed by atoms with Crippen molar-refractivity contribution in [1.29, 1.82) is 0 Å². The zero-order valence-electron chi connectivity index (χ0n) is 11.6. The van der Waals surface area contributed by atoms with Crippen LogP contribution < -0.4 is 11.1 Å². The number of likely N-dealkylation sites (tertiary alicyclic amines) is 1. The van der Waals surface area contributed by atoms with E-state index in [1.807, 2.05) is 0 Å². The van der Waals surface area contributed by atoms with Gasteiger partial charge in [-0.3, -0.25) is 9.69 Å². The predicted octanol–water partition coefficient (Wildman–Crippen LogP) is 1.25. The van der Waals surface area contributed by atoms with Crippen LogP contribution in [0.25, 0.3) is 0 Å². The van der Waals surface area contributed by atoms with Gasteiger partial charge in [0.1, 0.15) is 0 Å². The van der Waals surface area contributed by atoms with Crippen LogP contribution in [-0.2, 0) is 4.79 Å². The standard InChI is InChI=1S/C14H27N3O/c1-12(17-8-3-2-4-9-17)11-16-13(18)10-14(15)6-5-7-14/h12H,2-11,15H2,1H3,(H,16,18). The van der Waals surface area contributed by atoms with Crippen LogP contribution in [0.5, 0.6) is 0 Å². The molecule has 1 atom stereocenters. The molecule has 0 bridgehead atoms. The molecule has 2 fully saturated rings. The van der Waals surface area contributed by atoms with Gasteiger partial charge in [-0.05, 0) is 52.1 Å². The predicted molar refractivity (Wildman–Crippen MR) is 73.3 cm³/mol. The number of rotatable bonds is 5. The van der Waals surface area contributed by atoms with Crippen LogP contribution in [0, 0.1) is 0 Å². The van der Waals surface area contributed by atoms with Gasteiger partial charge in [-0.2, -0.15) is 0 Å². The molecular formula is C14H27N3O. The van der Waals surface area contributed by atoms with Crippen LogP contribution in [0.15, 0.2) is 0 Å². The molecule has 0 aromatic carbocycles. The molecule has 3 N–H and O–H groups in total. The van der Waals surface area contributed by atoms with Gasteiger partial charge in [0, 0.05) is 24.5 Å². The number of nitrogens with one attached hydrogen (secondary N) is 1. The Morgan fingerprint density at radius 3 is 2.50 bits per heavy atom. The maximum Gasteiger partial charge on any atom is 0.221 e. The molecule has 0 radical (unpaired) electrons. The highest BCUT2D eigenvalue weighted by Gasteiger charge is 2.34. The zero-order valence-corrected chi connectivity index (χ0v) is 11.6. The number of nitrogens with zero attached hydrogens (tertiary/aromatic N) is 1. The second-order valence-corrected chi connectivity index (χ2v) is 6.14. The van der Waals surface area contributed by atoms with Crippen LogP contribution in [0.3, 0.4) is 0 Å². The summed E-state index contributed by atoms with van der Waals surface area (Å²) >= 11 is 0. The summed E-state index contributed by atoms with van der Waals surface area (Å²) < 4.78 is 0. The van der Waals surface area contributed by atoms with Crippen molar-refractivity contribution in [1.82, 2.24) is 10.2 Å². The molecule has 104 valence electrons. The first-order valence-corrected chi connectivity index (χ1v) is 7.39. The molecule has 0 spiro atoms. The molecular weight excluding hydrogens is 226 g/mol. The summed E-state index contributed by atoms with van der Waals surface area (Å²) in [6, 6.07) is 0.448. The molecule has 1 saturated heterocycles. The Hall–Kier alpha value is -0.610. The lowest BCUT2D eigenvalue weighted by Gasteiger charge is -2.38. The van der Waals surface area contributed by atoms with Crippen molar-refractivity contribution >= 4 is 5.91 Å². The quantitative estimate of drug-likeness (QED) is 0.775. The highest BCUT2D eigenvalue weighted by molar-refractivity contribution is 5.77. The molecule has 1 amide bonds. The summed E-state index contributed by atoms with van der Waals surface area (Å²) in [7, 11) is 0. The second-order valence-electron chi connectivity index (χ2n) is 6.14. The molecule has 1 heterocycles. The Bertz CT molecular complexity index is 283. The summed E-state index contributed by atoms with van der Waals surface area (Å²) in [4.78, 5) is 14.3. The number of hydrogen-bond donors (Lipinski definition) is 2. The Morgan fingerprint density at radius 1 is 1.28 bits per heavy atom. The van der Waals surface area contributed by atoms with Crippen LogP contribution in [-0.4, -0.2) is 42.0 Å². The van der Waals surface area contributed by atoms with Crippen LogP contribution in [0.1, 0.15) is 51.9 Å². The molecule has 1 unspecified atom stereocenters. The van der Waals surface area contributed by atoms with Crippen molar-refractivity contribution < 1.29 is 4.79 Å². The van der Waals surface area contributed by atoms with Crippen LogP contribution >= 0.6 is 0 Å². The molecule has 2 rings (SSSR count). The lowest BCUT2D eigenvalue weighted by atomic mass is 9.75. The lowest BCUT2D eigenvalue weighted by molar-refractivity contribution is -0.123. The maximum absolute atomic E-state index is 11.8. The van der Waals surface area contributed by atoms with Gasteiger partial charge in [0.15, 0.2) is 0 Å². The van der Waals surface area contributed by atoms with Crippen molar-refractivity contribution in [3.8, 4) is 0 Å². The van der Waals surface area contributed by atoms with Gasteiger partial charge in [-0.25, -0.2) is 0 Å². The van der Waals surface area contributed by atoms with E-state index in [0.29, 0.717) is 12.5 Å². The van der Waals surface area contributed by atoms with Gasteiger partial charge in [-0.1, -0.05) is 6.42 Å². The first kappa shape index (κ1) is 13.8. The minimum Gasteiger partial charge on any atom is -0.354 e. The third-order valence-electron chi connectivity index (χ3n) is 4.47. The van der Waals surface area contributed by atoms with E-state index in [0.717, 1.165) is 19.4 Å². The Morgan fingerprint density at radius 2 is 1.94 bits per heavy atom. The number of amides is 1. The molecule has 0 aromatic rings. The van der Waals surface area contributed by atoms with E-state index in [9.17, 15) is 4.79 Å². The number of nitrogens with two attached hydrogens (primary N) is 1. The fourth-order valence-corrected chi connectivity index (χ4v) is 2.94. The van der Waals surface area contributed by atoms with E-state index in [2.05, 4.69) is 17.1 Å². The van der Waals surface area contributed by atoms with E-state index < -0.39 is 0 Å². The summed E-state index contributed by atoms with van der Waals surface area (Å²) in [6.45, 7) is 5.32. The van der Waals surface area contributed by atoms with E-state index in [-0.39, 0.29) is 11.4 Å². The number of hydrogen-bond acceptors (Lipinski definition) is 3. The minimum atomic E-state index is -0.196. The van der Waals surface area contributed by atoms with Crippen molar-refractivity contribution in [3.05, 3.63) is 0 Å². The number of piperidine rings is 1. The molecule has 0 aromatic heterocycles. The summed E-state index contributed by atoms with van der Waals surface area (Å²) in [6.07, 6.45) is 7.62. The fourth-order valence-electron chi connectivity index (χ4n) is 2.94. The summed E-state index contributed by atoms with van der Waals surface area (Å²) in [5, 5.41) is 3.04. The van der Waals surface area contributed by atoms with Gasteiger partial charge in [0.05, 0.1) is 0 Å². The van der Waals surface area contributed by atoms with Gasteiger partial charge in [0.2, 0.25) is 5.91 Å². The Balaban J connectivity index is 1.65.